The second-order valence-corrected chi connectivity index (χ2v) is 6.02. The molecule has 1 fully saturated rings. The molecule has 0 atom stereocenters. The summed E-state index contributed by atoms with van der Waals surface area (Å²) in [6.07, 6.45) is 0.0493. The number of hydrogen-bond donors (Lipinski definition) is 1. The van der Waals surface area contributed by atoms with Crippen molar-refractivity contribution >= 4 is 17.9 Å². The molecular weight excluding hydrogens is 274 g/mol. The molecule has 0 aromatic heterocycles. The summed E-state index contributed by atoms with van der Waals surface area (Å²) in [5.41, 5.74) is -0.516. The zero-order valence-corrected chi connectivity index (χ0v) is 13.3. The maximum Gasteiger partial charge on any atom is 0.410 e. The molecule has 0 spiro atoms. The third-order valence-electron chi connectivity index (χ3n) is 3.13. The van der Waals surface area contributed by atoms with Crippen LogP contribution in [0.5, 0.6) is 0 Å². The maximum atomic E-state index is 11.9. The van der Waals surface area contributed by atoms with Crippen LogP contribution in [0.25, 0.3) is 0 Å². The number of carbonyl (C=O) groups is 3. The Bertz CT molecular complexity index is 396. The minimum Gasteiger partial charge on any atom is -0.444 e. The van der Waals surface area contributed by atoms with Crippen LogP contribution in [0.4, 0.5) is 4.79 Å². The standard InChI is InChI=1S/C14H25N3O4/c1-14(2,3)21-13(20)17-9-7-16(8-10-17)12(19)6-5-11(18)15-4/h5-10H2,1-4H3,(H,15,18). The molecular formula is C14H25N3O4. The average molecular weight is 299 g/mol. The number of nitrogens with zero attached hydrogens (tertiary/aromatic N) is 2. The maximum absolute atomic E-state index is 11.9. The molecule has 0 aromatic rings. The first-order chi connectivity index (χ1) is 9.73. The molecule has 0 radical (unpaired) electrons. The Morgan fingerprint density at radius 1 is 1.00 bits per heavy atom. The van der Waals surface area contributed by atoms with Crippen LogP contribution in [0.1, 0.15) is 33.6 Å². The van der Waals surface area contributed by atoms with Crippen molar-refractivity contribution in [2.24, 2.45) is 0 Å². The first-order valence-electron chi connectivity index (χ1n) is 7.19. The monoisotopic (exact) mass is 299 g/mol. The summed E-state index contributed by atoms with van der Waals surface area (Å²) in [7, 11) is 1.55. The molecule has 0 unspecified atom stereocenters. The molecule has 120 valence electrons. The van der Waals surface area contributed by atoms with Crippen LogP contribution in [0.2, 0.25) is 0 Å². The van der Waals surface area contributed by atoms with Gasteiger partial charge >= 0.3 is 6.09 Å². The van der Waals surface area contributed by atoms with Gasteiger partial charge in [0.1, 0.15) is 5.60 Å². The fourth-order valence-corrected chi connectivity index (χ4v) is 1.97. The van der Waals surface area contributed by atoms with Crippen LogP contribution < -0.4 is 5.32 Å². The largest absolute Gasteiger partial charge is 0.444 e. The molecule has 0 bridgehead atoms. The van der Waals surface area contributed by atoms with E-state index in [4.69, 9.17) is 4.74 Å². The predicted molar refractivity (Wildman–Crippen MR) is 77.7 cm³/mol. The van der Waals surface area contributed by atoms with Crippen molar-refractivity contribution in [1.82, 2.24) is 15.1 Å². The molecule has 1 N–H and O–H groups in total. The summed E-state index contributed by atoms with van der Waals surface area (Å²) in [6, 6.07) is 0. The number of carbonyl (C=O) groups excluding carboxylic acids is 3. The van der Waals surface area contributed by atoms with E-state index in [2.05, 4.69) is 5.32 Å². The molecule has 1 saturated heterocycles. The fraction of sp³-hybridized carbons (Fsp3) is 0.786. The Labute approximate surface area is 125 Å². The van der Waals surface area contributed by atoms with Crippen molar-refractivity contribution in [2.75, 3.05) is 33.2 Å². The molecule has 0 aromatic carbocycles. The lowest BCUT2D eigenvalue weighted by atomic mass is 10.2. The Balaban J connectivity index is 2.36. The van der Waals surface area contributed by atoms with Crippen molar-refractivity contribution < 1.29 is 19.1 Å². The fourth-order valence-electron chi connectivity index (χ4n) is 1.97. The third-order valence-corrected chi connectivity index (χ3v) is 3.13. The van der Waals surface area contributed by atoms with Crippen LogP contribution >= 0.6 is 0 Å². The molecule has 7 heteroatoms. The Hall–Kier alpha value is -1.79. The number of nitrogens with one attached hydrogen (secondary N) is 1. The van der Waals surface area contributed by atoms with Crippen LogP contribution in [0.3, 0.4) is 0 Å². The molecule has 1 aliphatic rings. The average Bonchev–Trinajstić information content (AvgIpc) is 2.42. The smallest absolute Gasteiger partial charge is 0.410 e. The first kappa shape index (κ1) is 17.3. The lowest BCUT2D eigenvalue weighted by Crippen LogP contribution is -2.51. The van der Waals surface area contributed by atoms with E-state index in [1.807, 2.05) is 20.8 Å². The van der Waals surface area contributed by atoms with Crippen molar-refractivity contribution in [3.05, 3.63) is 0 Å². The molecule has 1 aliphatic heterocycles. The van der Waals surface area contributed by atoms with E-state index in [1.54, 1.807) is 16.8 Å². The predicted octanol–water partition coefficient (Wildman–Crippen LogP) is 0.592. The molecule has 3 amide bonds. The quantitative estimate of drug-likeness (QED) is 0.827. The van der Waals surface area contributed by atoms with Gasteiger partial charge in [0.15, 0.2) is 0 Å². The van der Waals surface area contributed by atoms with Gasteiger partial charge in [0.05, 0.1) is 0 Å². The molecule has 0 aliphatic carbocycles. The lowest BCUT2D eigenvalue weighted by Gasteiger charge is -2.35. The van der Waals surface area contributed by atoms with E-state index >= 15 is 0 Å². The van der Waals surface area contributed by atoms with Gasteiger partial charge < -0.3 is 19.9 Å². The zero-order chi connectivity index (χ0) is 16.0. The summed E-state index contributed by atoms with van der Waals surface area (Å²) in [6.45, 7) is 7.34. The Morgan fingerprint density at radius 2 is 1.52 bits per heavy atom. The first-order valence-corrected chi connectivity index (χ1v) is 7.19. The molecule has 1 heterocycles. The van der Waals surface area contributed by atoms with Gasteiger partial charge in [0.25, 0.3) is 0 Å². The highest BCUT2D eigenvalue weighted by Gasteiger charge is 2.27. The Morgan fingerprint density at radius 3 is 2.00 bits per heavy atom. The minimum atomic E-state index is -0.516. The molecule has 0 saturated carbocycles. The van der Waals surface area contributed by atoms with E-state index in [9.17, 15) is 14.4 Å². The van der Waals surface area contributed by atoms with Crippen LogP contribution in [0, 0.1) is 0 Å². The van der Waals surface area contributed by atoms with E-state index < -0.39 is 5.60 Å². The summed E-state index contributed by atoms with van der Waals surface area (Å²) >= 11 is 0. The number of ether oxygens (including phenoxy) is 1. The highest BCUT2D eigenvalue weighted by atomic mass is 16.6. The second kappa shape index (κ2) is 7.28. The number of hydrogen-bond acceptors (Lipinski definition) is 4. The highest BCUT2D eigenvalue weighted by Crippen LogP contribution is 2.12. The number of amides is 3. The summed E-state index contributed by atoms with van der Waals surface area (Å²) in [5.74, 6) is -0.196. The molecule has 21 heavy (non-hydrogen) atoms. The number of rotatable bonds is 3. The van der Waals surface area contributed by atoms with Gasteiger partial charge in [-0.2, -0.15) is 0 Å². The van der Waals surface area contributed by atoms with Crippen molar-refractivity contribution in [3.8, 4) is 0 Å². The van der Waals surface area contributed by atoms with Crippen molar-refractivity contribution in [1.29, 1.82) is 0 Å². The second-order valence-electron chi connectivity index (χ2n) is 6.02. The van der Waals surface area contributed by atoms with Crippen LogP contribution in [0.15, 0.2) is 0 Å². The van der Waals surface area contributed by atoms with Crippen LogP contribution in [-0.2, 0) is 14.3 Å². The highest BCUT2D eigenvalue weighted by molar-refractivity contribution is 5.83. The summed E-state index contributed by atoms with van der Waals surface area (Å²) in [5, 5.41) is 2.49. The normalized spacial score (nSPS) is 15.6. The van der Waals surface area contributed by atoms with E-state index in [1.165, 1.54) is 0 Å². The number of piperazine rings is 1. The van der Waals surface area contributed by atoms with Gasteiger partial charge in [-0.15, -0.1) is 0 Å². The van der Waals surface area contributed by atoms with E-state index in [-0.39, 0.29) is 30.7 Å². The zero-order valence-electron chi connectivity index (χ0n) is 13.3. The van der Waals surface area contributed by atoms with Gasteiger partial charge in [-0.1, -0.05) is 0 Å². The van der Waals surface area contributed by atoms with Crippen molar-refractivity contribution in [3.63, 3.8) is 0 Å². The Kier molecular flexibility index (Phi) is 5.99. The summed E-state index contributed by atoms with van der Waals surface area (Å²) < 4.78 is 5.30. The topological polar surface area (TPSA) is 79.0 Å². The van der Waals surface area contributed by atoms with Crippen molar-refractivity contribution in [2.45, 2.75) is 39.2 Å². The van der Waals surface area contributed by atoms with E-state index in [0.717, 1.165) is 0 Å². The van der Waals surface area contributed by atoms with Gasteiger partial charge in [-0.3, -0.25) is 9.59 Å². The van der Waals surface area contributed by atoms with E-state index in [0.29, 0.717) is 26.2 Å². The third kappa shape index (κ3) is 6.01. The molecule has 7 nitrogen and oxygen atoms in total. The molecule has 1 rings (SSSR count). The van der Waals surface area contributed by atoms with Gasteiger partial charge in [0.2, 0.25) is 11.8 Å². The van der Waals surface area contributed by atoms with Crippen LogP contribution in [-0.4, -0.2) is 66.5 Å². The van der Waals surface area contributed by atoms with Gasteiger partial charge in [0, 0.05) is 46.1 Å². The minimum absolute atomic E-state index is 0.0533. The lowest BCUT2D eigenvalue weighted by molar-refractivity contribution is -0.135. The van der Waals surface area contributed by atoms with Gasteiger partial charge in [-0.25, -0.2) is 4.79 Å². The SMILES string of the molecule is CNC(=O)CCC(=O)N1CCN(C(=O)OC(C)(C)C)CC1. The van der Waals surface area contributed by atoms with Gasteiger partial charge in [-0.05, 0) is 20.8 Å². The summed E-state index contributed by atoms with van der Waals surface area (Å²) in [4.78, 5) is 38.2.